The van der Waals surface area contributed by atoms with E-state index in [1.165, 1.54) is 7.11 Å². The molecule has 66 valence electrons. The topological polar surface area (TPSA) is 39.2 Å². The molecule has 0 bridgehead atoms. The first kappa shape index (κ1) is 9.27. The number of ether oxygens (including phenoxy) is 1. The molecule has 3 heteroatoms. The standard InChI is InChI=1S/C10H9NO2/c1-3-5-9(12)8-6-4-7-11-10(8)13-2/h1,4,6-7H,5H2,2H3. The van der Waals surface area contributed by atoms with Crippen LogP contribution in [-0.4, -0.2) is 17.9 Å². The zero-order chi connectivity index (χ0) is 9.68. The number of nitrogens with zero attached hydrogens (tertiary/aromatic N) is 1. The van der Waals surface area contributed by atoms with Gasteiger partial charge in [0.25, 0.3) is 0 Å². The molecule has 0 spiro atoms. The van der Waals surface area contributed by atoms with Crippen molar-refractivity contribution >= 4 is 5.78 Å². The van der Waals surface area contributed by atoms with E-state index in [1.807, 2.05) is 0 Å². The predicted octanol–water partition coefficient (Wildman–Crippen LogP) is 1.30. The number of ketones is 1. The van der Waals surface area contributed by atoms with Crippen molar-refractivity contribution in [1.82, 2.24) is 4.98 Å². The van der Waals surface area contributed by atoms with E-state index < -0.39 is 0 Å². The summed E-state index contributed by atoms with van der Waals surface area (Å²) >= 11 is 0. The number of pyridine rings is 1. The van der Waals surface area contributed by atoms with Gasteiger partial charge in [-0.1, -0.05) is 5.92 Å². The van der Waals surface area contributed by atoms with Gasteiger partial charge in [-0.25, -0.2) is 4.98 Å². The first-order valence-electron chi connectivity index (χ1n) is 3.75. The second-order valence-corrected chi connectivity index (χ2v) is 2.36. The van der Waals surface area contributed by atoms with Gasteiger partial charge in [0.2, 0.25) is 5.88 Å². The number of methoxy groups -OCH3 is 1. The van der Waals surface area contributed by atoms with Gasteiger partial charge in [0.05, 0.1) is 19.1 Å². The Morgan fingerprint density at radius 1 is 1.77 bits per heavy atom. The van der Waals surface area contributed by atoms with Crippen LogP contribution in [0.1, 0.15) is 16.8 Å². The molecule has 0 amide bonds. The lowest BCUT2D eigenvalue weighted by molar-refractivity contribution is 0.0994. The van der Waals surface area contributed by atoms with Crippen LogP contribution in [0.4, 0.5) is 0 Å². The van der Waals surface area contributed by atoms with Crippen molar-refractivity contribution in [1.29, 1.82) is 0 Å². The van der Waals surface area contributed by atoms with Crippen LogP contribution in [0.3, 0.4) is 0 Å². The third kappa shape index (κ3) is 2.06. The van der Waals surface area contributed by atoms with Gasteiger partial charge in [0.1, 0.15) is 0 Å². The van der Waals surface area contributed by atoms with E-state index in [0.29, 0.717) is 11.4 Å². The van der Waals surface area contributed by atoms with Crippen molar-refractivity contribution in [3.05, 3.63) is 23.9 Å². The van der Waals surface area contributed by atoms with Gasteiger partial charge in [-0.2, -0.15) is 0 Å². The molecule has 0 aliphatic rings. The molecule has 0 atom stereocenters. The Hall–Kier alpha value is -1.82. The lowest BCUT2D eigenvalue weighted by atomic mass is 10.1. The SMILES string of the molecule is C#CCC(=O)c1cccnc1OC. The van der Waals surface area contributed by atoms with Crippen LogP contribution in [-0.2, 0) is 0 Å². The second-order valence-electron chi connectivity index (χ2n) is 2.36. The molecule has 0 fully saturated rings. The molecule has 0 unspecified atom stereocenters. The van der Waals surface area contributed by atoms with Gasteiger partial charge in [0.15, 0.2) is 5.78 Å². The van der Waals surface area contributed by atoms with E-state index in [0.717, 1.165) is 0 Å². The maximum atomic E-state index is 11.4. The van der Waals surface area contributed by atoms with Gasteiger partial charge in [-0.15, -0.1) is 6.42 Å². The monoisotopic (exact) mass is 175 g/mol. The summed E-state index contributed by atoms with van der Waals surface area (Å²) in [4.78, 5) is 15.3. The van der Waals surface area contributed by atoms with E-state index in [9.17, 15) is 4.79 Å². The summed E-state index contributed by atoms with van der Waals surface area (Å²) in [5.41, 5.74) is 0.433. The normalized spacial score (nSPS) is 8.92. The molecular weight excluding hydrogens is 166 g/mol. The zero-order valence-corrected chi connectivity index (χ0v) is 7.28. The summed E-state index contributed by atoms with van der Waals surface area (Å²) in [5, 5.41) is 0. The van der Waals surface area contributed by atoms with Crippen molar-refractivity contribution in [2.24, 2.45) is 0 Å². The Labute approximate surface area is 76.8 Å². The molecular formula is C10H9NO2. The smallest absolute Gasteiger partial charge is 0.224 e. The highest BCUT2D eigenvalue weighted by Crippen LogP contribution is 2.14. The predicted molar refractivity (Wildman–Crippen MR) is 48.6 cm³/mol. The first-order chi connectivity index (χ1) is 6.29. The number of rotatable bonds is 3. The van der Waals surface area contributed by atoms with Crippen LogP contribution < -0.4 is 4.74 Å². The van der Waals surface area contributed by atoms with E-state index >= 15 is 0 Å². The minimum Gasteiger partial charge on any atom is -0.480 e. The molecule has 0 aromatic carbocycles. The molecule has 0 aliphatic carbocycles. The average Bonchev–Trinajstić information content (AvgIpc) is 2.18. The summed E-state index contributed by atoms with van der Waals surface area (Å²) in [6, 6.07) is 3.32. The van der Waals surface area contributed by atoms with E-state index in [1.54, 1.807) is 18.3 Å². The minimum atomic E-state index is -0.146. The molecule has 13 heavy (non-hydrogen) atoms. The summed E-state index contributed by atoms with van der Waals surface area (Å²) in [7, 11) is 1.47. The lowest BCUT2D eigenvalue weighted by Crippen LogP contribution is -2.02. The number of terminal acetylenes is 1. The minimum absolute atomic E-state index is 0.0715. The van der Waals surface area contributed by atoms with Crippen molar-refractivity contribution in [3.8, 4) is 18.2 Å². The van der Waals surface area contributed by atoms with Crippen LogP contribution in [0, 0.1) is 12.3 Å². The summed E-state index contributed by atoms with van der Waals surface area (Å²) in [5.74, 6) is 2.46. The van der Waals surface area contributed by atoms with Crippen molar-refractivity contribution in [2.45, 2.75) is 6.42 Å². The fourth-order valence-electron chi connectivity index (χ4n) is 0.954. The number of hydrogen-bond donors (Lipinski definition) is 0. The molecule has 0 radical (unpaired) electrons. The molecule has 0 saturated carbocycles. The van der Waals surface area contributed by atoms with Crippen molar-refractivity contribution in [3.63, 3.8) is 0 Å². The highest BCUT2D eigenvalue weighted by Gasteiger charge is 2.10. The Morgan fingerprint density at radius 3 is 3.15 bits per heavy atom. The van der Waals surface area contributed by atoms with Gasteiger partial charge in [0, 0.05) is 6.20 Å². The summed E-state index contributed by atoms with van der Waals surface area (Å²) in [6.45, 7) is 0. The molecule has 1 rings (SSSR count). The summed E-state index contributed by atoms with van der Waals surface area (Å²) < 4.78 is 4.91. The van der Waals surface area contributed by atoms with Crippen molar-refractivity contribution < 1.29 is 9.53 Å². The number of aromatic nitrogens is 1. The first-order valence-corrected chi connectivity index (χ1v) is 3.75. The van der Waals surface area contributed by atoms with Gasteiger partial charge >= 0.3 is 0 Å². The molecule has 1 aromatic rings. The second kappa shape index (κ2) is 4.27. The number of carbonyl (C=O) groups excluding carboxylic acids is 1. The highest BCUT2D eigenvalue weighted by molar-refractivity contribution is 5.99. The van der Waals surface area contributed by atoms with Gasteiger partial charge in [-0.05, 0) is 12.1 Å². The van der Waals surface area contributed by atoms with Crippen LogP contribution in [0.25, 0.3) is 0 Å². The quantitative estimate of drug-likeness (QED) is 0.513. The van der Waals surface area contributed by atoms with Crippen molar-refractivity contribution in [2.75, 3.05) is 7.11 Å². The summed E-state index contributed by atoms with van der Waals surface area (Å²) in [6.07, 6.45) is 6.66. The molecule has 0 aliphatic heterocycles. The number of hydrogen-bond acceptors (Lipinski definition) is 3. The lowest BCUT2D eigenvalue weighted by Gasteiger charge is -2.03. The Balaban J connectivity index is 3.00. The third-order valence-electron chi connectivity index (χ3n) is 1.53. The average molecular weight is 175 g/mol. The fourth-order valence-corrected chi connectivity index (χ4v) is 0.954. The largest absolute Gasteiger partial charge is 0.480 e. The van der Waals surface area contributed by atoms with Crippen LogP contribution in [0.2, 0.25) is 0 Å². The Morgan fingerprint density at radius 2 is 2.54 bits per heavy atom. The van der Waals surface area contributed by atoms with Crippen LogP contribution in [0.5, 0.6) is 5.88 Å². The Bertz CT molecular complexity index is 352. The molecule has 0 saturated heterocycles. The highest BCUT2D eigenvalue weighted by atomic mass is 16.5. The third-order valence-corrected chi connectivity index (χ3v) is 1.53. The molecule has 0 N–H and O–H groups in total. The molecule has 1 heterocycles. The van der Waals surface area contributed by atoms with Gasteiger partial charge in [-0.3, -0.25) is 4.79 Å². The van der Waals surface area contributed by atoms with Gasteiger partial charge < -0.3 is 4.74 Å². The van der Waals surface area contributed by atoms with Crippen LogP contribution >= 0.6 is 0 Å². The molecule has 3 nitrogen and oxygen atoms in total. The van der Waals surface area contributed by atoms with E-state index in [-0.39, 0.29) is 12.2 Å². The zero-order valence-electron chi connectivity index (χ0n) is 7.28. The maximum absolute atomic E-state index is 11.4. The van der Waals surface area contributed by atoms with Crippen LogP contribution in [0.15, 0.2) is 18.3 Å². The van der Waals surface area contributed by atoms with E-state index in [4.69, 9.17) is 11.2 Å². The number of Topliss-reactive ketones (excluding diaryl/α,β-unsaturated/α-hetero) is 1. The Kier molecular flexibility index (Phi) is 3.04. The fraction of sp³-hybridized carbons (Fsp3) is 0.200. The molecule has 1 aromatic heterocycles. The number of carbonyl (C=O) groups is 1. The maximum Gasteiger partial charge on any atom is 0.224 e. The van der Waals surface area contributed by atoms with E-state index in [2.05, 4.69) is 10.9 Å².